The molecule has 0 bridgehead atoms. The van der Waals surface area contributed by atoms with Crippen molar-refractivity contribution in [3.8, 4) is 11.5 Å². The second-order valence-corrected chi connectivity index (χ2v) is 5.38. The van der Waals surface area contributed by atoms with Gasteiger partial charge in [-0.2, -0.15) is 0 Å². The fourth-order valence-electron chi connectivity index (χ4n) is 1.80. The number of amides is 2. The Balaban J connectivity index is 1.66. The van der Waals surface area contributed by atoms with Crippen molar-refractivity contribution in [1.29, 1.82) is 0 Å². The summed E-state index contributed by atoms with van der Waals surface area (Å²) in [5.74, 6) is 0.259. The minimum absolute atomic E-state index is 0.0218. The molecule has 2 N–H and O–H groups in total. The molecule has 0 unspecified atom stereocenters. The van der Waals surface area contributed by atoms with Gasteiger partial charge < -0.3 is 9.73 Å². The molecule has 116 valence electrons. The molecule has 0 saturated carbocycles. The highest BCUT2D eigenvalue weighted by Crippen LogP contribution is 2.22. The average Bonchev–Trinajstić information content (AvgIpc) is 2.98. The monoisotopic (exact) mass is 348 g/mol. The maximum absolute atomic E-state index is 11.9. The molecular weight excluding hydrogens is 339 g/mol. The van der Waals surface area contributed by atoms with Gasteiger partial charge in [-0.15, -0.1) is 5.10 Å². The summed E-state index contributed by atoms with van der Waals surface area (Å²) >= 11 is 11.7. The number of aromatic nitrogens is 2. The Morgan fingerprint density at radius 3 is 2.48 bits per heavy atom. The van der Waals surface area contributed by atoms with Crippen molar-refractivity contribution in [2.45, 2.75) is 0 Å². The van der Waals surface area contributed by atoms with Crippen LogP contribution in [0.3, 0.4) is 0 Å². The second kappa shape index (κ2) is 6.68. The number of hydrogen-bond acceptors (Lipinski definition) is 4. The van der Waals surface area contributed by atoms with Gasteiger partial charge in [-0.1, -0.05) is 34.4 Å². The maximum Gasteiger partial charge on any atom is 0.327 e. The number of benzene rings is 2. The van der Waals surface area contributed by atoms with Crippen LogP contribution in [0.2, 0.25) is 10.0 Å². The minimum atomic E-state index is -0.506. The molecule has 2 amide bonds. The Morgan fingerprint density at radius 2 is 1.74 bits per heavy atom. The van der Waals surface area contributed by atoms with Crippen LogP contribution in [0, 0.1) is 0 Å². The minimum Gasteiger partial charge on any atom is -0.403 e. The fraction of sp³-hybridized carbons (Fsp3) is 0. The number of carbonyl (C=O) groups excluding carboxylic acids is 1. The molecule has 3 aromatic rings. The standard InChI is InChI=1S/C15H10Cl2N4O2/c16-10-4-6-12(7-5-10)18-14(22)19-15-21-20-13(23-15)9-2-1-3-11(17)8-9/h1-8H,(H2,18,19,21,22). The number of nitrogens with one attached hydrogen (secondary N) is 2. The number of carbonyl (C=O) groups is 1. The third-order valence-corrected chi connectivity index (χ3v) is 3.31. The molecule has 3 rings (SSSR count). The first-order valence-corrected chi connectivity index (χ1v) is 7.29. The zero-order chi connectivity index (χ0) is 16.2. The Morgan fingerprint density at radius 1 is 0.957 bits per heavy atom. The third kappa shape index (κ3) is 4.00. The summed E-state index contributed by atoms with van der Waals surface area (Å²) in [6.07, 6.45) is 0. The van der Waals surface area contributed by atoms with Gasteiger partial charge >= 0.3 is 12.0 Å². The van der Waals surface area contributed by atoms with E-state index in [0.29, 0.717) is 21.3 Å². The molecule has 2 aromatic carbocycles. The molecule has 0 spiro atoms. The number of halogens is 2. The molecule has 1 heterocycles. The summed E-state index contributed by atoms with van der Waals surface area (Å²) in [5.41, 5.74) is 1.25. The van der Waals surface area contributed by atoms with Crippen LogP contribution in [-0.2, 0) is 0 Å². The molecular formula is C15H10Cl2N4O2. The van der Waals surface area contributed by atoms with Gasteiger partial charge in [0, 0.05) is 21.3 Å². The zero-order valence-corrected chi connectivity index (χ0v) is 13.1. The smallest absolute Gasteiger partial charge is 0.327 e. The van der Waals surface area contributed by atoms with Gasteiger partial charge in [0.25, 0.3) is 0 Å². The van der Waals surface area contributed by atoms with Crippen LogP contribution < -0.4 is 10.6 Å². The number of anilines is 2. The Kier molecular flexibility index (Phi) is 4.45. The molecule has 0 aliphatic heterocycles. The van der Waals surface area contributed by atoms with Crippen LogP contribution in [0.15, 0.2) is 52.9 Å². The lowest BCUT2D eigenvalue weighted by molar-refractivity contribution is 0.261. The van der Waals surface area contributed by atoms with E-state index in [1.165, 1.54) is 0 Å². The quantitative estimate of drug-likeness (QED) is 0.719. The van der Waals surface area contributed by atoms with Gasteiger partial charge in [0.15, 0.2) is 0 Å². The van der Waals surface area contributed by atoms with Crippen LogP contribution in [-0.4, -0.2) is 16.2 Å². The second-order valence-electron chi connectivity index (χ2n) is 4.51. The van der Waals surface area contributed by atoms with Crippen molar-refractivity contribution in [1.82, 2.24) is 10.2 Å². The zero-order valence-electron chi connectivity index (χ0n) is 11.6. The van der Waals surface area contributed by atoms with E-state index < -0.39 is 6.03 Å². The van der Waals surface area contributed by atoms with Crippen molar-refractivity contribution in [3.05, 3.63) is 58.6 Å². The van der Waals surface area contributed by atoms with Crippen molar-refractivity contribution >= 4 is 40.9 Å². The van der Waals surface area contributed by atoms with E-state index in [0.717, 1.165) is 0 Å². The molecule has 23 heavy (non-hydrogen) atoms. The van der Waals surface area contributed by atoms with E-state index in [2.05, 4.69) is 20.8 Å². The predicted molar refractivity (Wildman–Crippen MR) is 88.8 cm³/mol. The number of nitrogens with zero attached hydrogens (tertiary/aromatic N) is 2. The first-order valence-electron chi connectivity index (χ1n) is 6.53. The first kappa shape index (κ1) is 15.3. The van der Waals surface area contributed by atoms with Crippen LogP contribution in [0.1, 0.15) is 0 Å². The van der Waals surface area contributed by atoms with Crippen LogP contribution >= 0.6 is 23.2 Å². The molecule has 0 fully saturated rings. The van der Waals surface area contributed by atoms with E-state index in [4.69, 9.17) is 27.6 Å². The Labute approximate surface area is 141 Å². The number of rotatable bonds is 3. The third-order valence-electron chi connectivity index (χ3n) is 2.82. The molecule has 0 aliphatic carbocycles. The highest BCUT2D eigenvalue weighted by atomic mass is 35.5. The number of hydrogen-bond donors (Lipinski definition) is 2. The van der Waals surface area contributed by atoms with Gasteiger partial charge in [0.1, 0.15) is 0 Å². The van der Waals surface area contributed by atoms with Gasteiger partial charge in [0.05, 0.1) is 0 Å². The molecule has 0 radical (unpaired) electrons. The summed E-state index contributed by atoms with van der Waals surface area (Å²) in [6, 6.07) is 13.1. The van der Waals surface area contributed by atoms with E-state index in [-0.39, 0.29) is 11.9 Å². The fourth-order valence-corrected chi connectivity index (χ4v) is 2.12. The topological polar surface area (TPSA) is 80.0 Å². The van der Waals surface area contributed by atoms with Gasteiger partial charge in [0.2, 0.25) is 5.89 Å². The van der Waals surface area contributed by atoms with Crippen molar-refractivity contribution in [3.63, 3.8) is 0 Å². The summed E-state index contributed by atoms with van der Waals surface area (Å²) in [4.78, 5) is 11.9. The van der Waals surface area contributed by atoms with E-state index in [1.54, 1.807) is 48.5 Å². The van der Waals surface area contributed by atoms with Crippen molar-refractivity contribution < 1.29 is 9.21 Å². The van der Waals surface area contributed by atoms with E-state index in [1.807, 2.05) is 0 Å². The van der Waals surface area contributed by atoms with Crippen LogP contribution in [0.5, 0.6) is 0 Å². The van der Waals surface area contributed by atoms with Crippen molar-refractivity contribution in [2.24, 2.45) is 0 Å². The molecule has 0 atom stereocenters. The van der Waals surface area contributed by atoms with Crippen LogP contribution in [0.4, 0.5) is 16.5 Å². The summed E-state index contributed by atoms with van der Waals surface area (Å²) in [6.45, 7) is 0. The molecule has 8 heteroatoms. The highest BCUT2D eigenvalue weighted by molar-refractivity contribution is 6.31. The van der Waals surface area contributed by atoms with Gasteiger partial charge in [-0.25, -0.2) is 4.79 Å². The highest BCUT2D eigenvalue weighted by Gasteiger charge is 2.11. The lowest BCUT2D eigenvalue weighted by Gasteiger charge is -2.04. The summed E-state index contributed by atoms with van der Waals surface area (Å²) < 4.78 is 5.38. The number of urea groups is 1. The summed E-state index contributed by atoms with van der Waals surface area (Å²) in [7, 11) is 0. The molecule has 1 aromatic heterocycles. The molecule has 0 aliphatic rings. The Hall–Kier alpha value is -2.57. The van der Waals surface area contributed by atoms with Crippen LogP contribution in [0.25, 0.3) is 11.5 Å². The Bertz CT molecular complexity index is 834. The van der Waals surface area contributed by atoms with Gasteiger partial charge in [-0.3, -0.25) is 5.32 Å². The van der Waals surface area contributed by atoms with Crippen molar-refractivity contribution in [2.75, 3.05) is 10.6 Å². The molecule has 0 saturated heterocycles. The normalized spacial score (nSPS) is 10.3. The van der Waals surface area contributed by atoms with E-state index >= 15 is 0 Å². The summed E-state index contributed by atoms with van der Waals surface area (Å²) in [5, 5.41) is 13.8. The lowest BCUT2D eigenvalue weighted by atomic mass is 10.2. The van der Waals surface area contributed by atoms with Gasteiger partial charge in [-0.05, 0) is 42.5 Å². The first-order chi connectivity index (χ1) is 11.1. The maximum atomic E-state index is 11.9. The lowest BCUT2D eigenvalue weighted by Crippen LogP contribution is -2.19. The van der Waals surface area contributed by atoms with E-state index in [9.17, 15) is 4.79 Å². The SMILES string of the molecule is O=C(Nc1ccc(Cl)cc1)Nc1nnc(-c2cccc(Cl)c2)o1. The average molecular weight is 349 g/mol. The largest absolute Gasteiger partial charge is 0.403 e. The predicted octanol–water partition coefficient (Wildman–Crippen LogP) is 4.69. The molecule has 6 nitrogen and oxygen atoms in total.